The van der Waals surface area contributed by atoms with Crippen LogP contribution in [0.2, 0.25) is 0 Å². The Balaban J connectivity index is 1.59. The smallest absolute Gasteiger partial charge is 0.320 e. The standard InChI is InChI=1S/C24H21N3O4S/c1-17-15-25-24(29)27(17)22-13-6-5-12-21(22)26-23(28)19-9-7-8-18(14-19)16-32(30,31)20-10-3-2-4-11-20/h2-15H,16H2,1H3,(H,25,29)(H,26,28). The van der Waals surface area contributed by atoms with Gasteiger partial charge in [-0.2, -0.15) is 0 Å². The summed E-state index contributed by atoms with van der Waals surface area (Å²) in [4.78, 5) is 28.0. The third kappa shape index (κ3) is 4.40. The van der Waals surface area contributed by atoms with E-state index in [-0.39, 0.29) is 16.3 Å². The first-order valence-corrected chi connectivity index (χ1v) is 11.5. The Morgan fingerprint density at radius 3 is 2.41 bits per heavy atom. The number of hydrogen-bond acceptors (Lipinski definition) is 4. The van der Waals surface area contributed by atoms with Crippen LogP contribution in [0, 0.1) is 6.92 Å². The summed E-state index contributed by atoms with van der Waals surface area (Å²) in [6.45, 7) is 1.78. The maximum absolute atomic E-state index is 12.9. The first-order valence-electron chi connectivity index (χ1n) is 9.90. The van der Waals surface area contributed by atoms with E-state index in [1.165, 1.54) is 4.57 Å². The predicted molar refractivity (Wildman–Crippen MR) is 123 cm³/mol. The van der Waals surface area contributed by atoms with Gasteiger partial charge in [-0.1, -0.05) is 42.5 Å². The topological polar surface area (TPSA) is 101 Å². The number of carbonyl (C=O) groups excluding carboxylic acids is 1. The summed E-state index contributed by atoms with van der Waals surface area (Å²) < 4.78 is 26.8. The van der Waals surface area contributed by atoms with Crippen LogP contribution in [0.4, 0.5) is 5.69 Å². The molecule has 0 spiro atoms. The molecule has 7 nitrogen and oxygen atoms in total. The highest BCUT2D eigenvalue weighted by Crippen LogP contribution is 2.22. The molecule has 1 heterocycles. The van der Waals surface area contributed by atoms with Crippen LogP contribution < -0.4 is 11.0 Å². The molecular formula is C24H21N3O4S. The summed E-state index contributed by atoms with van der Waals surface area (Å²) in [5.41, 5.74) is 2.21. The quantitative estimate of drug-likeness (QED) is 0.471. The number of aromatic nitrogens is 2. The zero-order valence-corrected chi connectivity index (χ0v) is 18.1. The molecule has 0 fully saturated rings. The minimum absolute atomic E-state index is 0.216. The highest BCUT2D eigenvalue weighted by molar-refractivity contribution is 7.90. The molecule has 0 radical (unpaired) electrons. The van der Waals surface area contributed by atoms with Crippen molar-refractivity contribution in [3.63, 3.8) is 0 Å². The van der Waals surface area contributed by atoms with Crippen LogP contribution in [-0.4, -0.2) is 23.9 Å². The van der Waals surface area contributed by atoms with Crippen molar-refractivity contribution in [2.75, 3.05) is 5.32 Å². The van der Waals surface area contributed by atoms with E-state index in [0.29, 0.717) is 28.2 Å². The van der Waals surface area contributed by atoms with Gasteiger partial charge >= 0.3 is 5.69 Å². The third-order valence-electron chi connectivity index (χ3n) is 5.00. The van der Waals surface area contributed by atoms with Crippen LogP contribution in [0.3, 0.4) is 0 Å². The molecule has 2 N–H and O–H groups in total. The van der Waals surface area contributed by atoms with Gasteiger partial charge in [-0.3, -0.25) is 9.36 Å². The first kappa shape index (κ1) is 21.3. The van der Waals surface area contributed by atoms with Gasteiger partial charge in [0.15, 0.2) is 9.84 Å². The number of carbonyl (C=O) groups is 1. The van der Waals surface area contributed by atoms with Crippen molar-refractivity contribution >= 4 is 21.4 Å². The van der Waals surface area contributed by atoms with E-state index in [0.717, 1.165) is 0 Å². The zero-order valence-electron chi connectivity index (χ0n) is 17.3. The van der Waals surface area contributed by atoms with Gasteiger partial charge in [-0.05, 0) is 48.9 Å². The number of imidazole rings is 1. The minimum atomic E-state index is -3.53. The first-order chi connectivity index (χ1) is 15.3. The van der Waals surface area contributed by atoms with Gasteiger partial charge in [0.05, 0.1) is 22.0 Å². The van der Waals surface area contributed by atoms with Crippen molar-refractivity contribution in [1.82, 2.24) is 9.55 Å². The minimum Gasteiger partial charge on any atom is -0.320 e. The summed E-state index contributed by atoms with van der Waals surface area (Å²) in [5, 5.41) is 2.83. The van der Waals surface area contributed by atoms with Crippen LogP contribution in [0.15, 0.2) is 94.7 Å². The molecule has 32 heavy (non-hydrogen) atoms. The molecule has 0 atom stereocenters. The van der Waals surface area contributed by atoms with E-state index in [9.17, 15) is 18.0 Å². The second-order valence-electron chi connectivity index (χ2n) is 7.31. The fraction of sp³-hybridized carbons (Fsp3) is 0.0833. The van der Waals surface area contributed by atoms with Gasteiger partial charge < -0.3 is 10.3 Å². The number of para-hydroxylation sites is 2. The molecule has 4 aromatic rings. The highest BCUT2D eigenvalue weighted by Gasteiger charge is 2.17. The van der Waals surface area contributed by atoms with Crippen molar-refractivity contribution in [3.8, 4) is 5.69 Å². The normalized spacial score (nSPS) is 11.3. The number of aryl methyl sites for hydroxylation is 1. The van der Waals surface area contributed by atoms with Gasteiger partial charge in [-0.25, -0.2) is 13.2 Å². The van der Waals surface area contributed by atoms with E-state index < -0.39 is 15.7 Å². The lowest BCUT2D eigenvalue weighted by atomic mass is 10.1. The SMILES string of the molecule is Cc1c[nH]c(=O)n1-c1ccccc1NC(=O)c1cccc(CS(=O)(=O)c2ccccc2)c1. The number of hydrogen-bond donors (Lipinski definition) is 2. The number of benzene rings is 3. The van der Waals surface area contributed by atoms with E-state index >= 15 is 0 Å². The molecule has 3 aromatic carbocycles. The van der Waals surface area contributed by atoms with Crippen molar-refractivity contribution < 1.29 is 13.2 Å². The summed E-state index contributed by atoms with van der Waals surface area (Å²) >= 11 is 0. The summed E-state index contributed by atoms with van der Waals surface area (Å²) in [5.74, 6) is -0.621. The summed E-state index contributed by atoms with van der Waals surface area (Å²) in [7, 11) is -3.53. The third-order valence-corrected chi connectivity index (χ3v) is 6.71. The molecule has 0 saturated heterocycles. The van der Waals surface area contributed by atoms with Crippen molar-refractivity contribution in [2.24, 2.45) is 0 Å². The van der Waals surface area contributed by atoms with Crippen LogP contribution in [0.25, 0.3) is 5.69 Å². The van der Waals surface area contributed by atoms with E-state index in [2.05, 4.69) is 10.3 Å². The van der Waals surface area contributed by atoms with Crippen LogP contribution in [0.1, 0.15) is 21.6 Å². The largest absolute Gasteiger partial charge is 0.330 e. The Labute approximate surface area is 185 Å². The molecule has 1 aromatic heterocycles. The molecule has 0 unspecified atom stereocenters. The second-order valence-corrected chi connectivity index (χ2v) is 9.30. The molecule has 162 valence electrons. The lowest BCUT2D eigenvalue weighted by molar-refractivity contribution is 0.102. The van der Waals surface area contributed by atoms with Gasteiger partial charge in [0.25, 0.3) is 5.91 Å². The van der Waals surface area contributed by atoms with Crippen molar-refractivity contribution in [2.45, 2.75) is 17.6 Å². The monoisotopic (exact) mass is 447 g/mol. The second kappa shape index (κ2) is 8.68. The van der Waals surface area contributed by atoms with E-state index in [4.69, 9.17) is 0 Å². The Morgan fingerprint density at radius 1 is 0.969 bits per heavy atom. The number of H-pyrrole nitrogens is 1. The molecule has 0 saturated carbocycles. The molecule has 1 amide bonds. The van der Waals surface area contributed by atoms with Gasteiger partial charge in [-0.15, -0.1) is 0 Å². The Hall–Kier alpha value is -3.91. The Bertz CT molecular complexity index is 1440. The molecule has 0 aliphatic carbocycles. The lowest BCUT2D eigenvalue weighted by Gasteiger charge is -2.13. The van der Waals surface area contributed by atoms with Crippen LogP contribution in [0.5, 0.6) is 0 Å². The Kier molecular flexibility index (Phi) is 5.79. The van der Waals surface area contributed by atoms with Crippen LogP contribution in [-0.2, 0) is 15.6 Å². The fourth-order valence-electron chi connectivity index (χ4n) is 3.46. The van der Waals surface area contributed by atoms with Crippen molar-refractivity contribution in [1.29, 1.82) is 0 Å². The average Bonchev–Trinajstić information content (AvgIpc) is 3.12. The number of nitrogens with zero attached hydrogens (tertiary/aromatic N) is 1. The van der Waals surface area contributed by atoms with Gasteiger partial charge in [0, 0.05) is 17.5 Å². The van der Waals surface area contributed by atoms with E-state index in [1.54, 1.807) is 92.0 Å². The lowest BCUT2D eigenvalue weighted by Crippen LogP contribution is -2.19. The number of nitrogens with one attached hydrogen (secondary N) is 2. The molecule has 4 rings (SSSR count). The molecule has 0 bridgehead atoms. The highest BCUT2D eigenvalue weighted by atomic mass is 32.2. The number of amides is 1. The maximum Gasteiger partial charge on any atom is 0.330 e. The predicted octanol–water partition coefficient (Wildman–Crippen LogP) is 3.70. The Morgan fingerprint density at radius 2 is 1.69 bits per heavy atom. The number of sulfone groups is 1. The summed E-state index contributed by atoms with van der Waals surface area (Å²) in [6.07, 6.45) is 1.59. The average molecular weight is 448 g/mol. The maximum atomic E-state index is 12.9. The molecule has 8 heteroatoms. The van der Waals surface area contributed by atoms with Gasteiger partial charge in [0.2, 0.25) is 0 Å². The summed E-state index contributed by atoms with van der Waals surface area (Å²) in [6, 6.07) is 21.7. The number of aromatic amines is 1. The van der Waals surface area contributed by atoms with Crippen molar-refractivity contribution in [3.05, 3.63) is 112 Å². The zero-order chi connectivity index (χ0) is 22.7. The molecule has 0 aliphatic heterocycles. The van der Waals surface area contributed by atoms with Gasteiger partial charge in [0.1, 0.15) is 0 Å². The fourth-order valence-corrected chi connectivity index (χ4v) is 4.81. The number of rotatable bonds is 6. The number of anilines is 1. The van der Waals surface area contributed by atoms with E-state index in [1.807, 2.05) is 0 Å². The molecular weight excluding hydrogens is 426 g/mol. The molecule has 0 aliphatic rings. The van der Waals surface area contributed by atoms with Crippen LogP contribution >= 0.6 is 0 Å².